The largest absolute Gasteiger partial charge is 0.491 e. The summed E-state index contributed by atoms with van der Waals surface area (Å²) in [5.41, 5.74) is 2.04. The monoisotopic (exact) mass is 224 g/mol. The molecule has 0 unspecified atom stereocenters. The van der Waals surface area contributed by atoms with Crippen molar-refractivity contribution < 1.29 is 9.47 Å². The third-order valence-corrected chi connectivity index (χ3v) is 2.14. The number of ether oxygens (including phenoxy) is 2. The molecule has 1 heterocycles. The Bertz CT molecular complexity index is 316. The predicted octanol–water partition coefficient (Wildman–Crippen LogP) is 1.52. The fourth-order valence-corrected chi connectivity index (χ4v) is 1.38. The molecule has 0 bridgehead atoms. The number of pyridine rings is 1. The van der Waals surface area contributed by atoms with Crippen molar-refractivity contribution >= 4 is 0 Å². The minimum atomic E-state index is 0.577. The van der Waals surface area contributed by atoms with Crippen molar-refractivity contribution in [3.05, 3.63) is 23.5 Å². The van der Waals surface area contributed by atoms with Gasteiger partial charge in [-0.1, -0.05) is 0 Å². The topological polar surface area (TPSA) is 43.4 Å². The molecule has 1 rings (SSSR count). The Kier molecular flexibility index (Phi) is 5.82. The van der Waals surface area contributed by atoms with E-state index in [2.05, 4.69) is 10.3 Å². The average molecular weight is 224 g/mol. The average Bonchev–Trinajstić information content (AvgIpc) is 2.28. The van der Waals surface area contributed by atoms with E-state index in [0.29, 0.717) is 13.2 Å². The van der Waals surface area contributed by atoms with E-state index in [-0.39, 0.29) is 0 Å². The Morgan fingerprint density at radius 2 is 2.19 bits per heavy atom. The molecule has 4 heteroatoms. The SMILES string of the molecule is CCOCCOc1cc(C)ncc1CNC. The van der Waals surface area contributed by atoms with Gasteiger partial charge in [-0.25, -0.2) is 0 Å². The number of hydrogen-bond acceptors (Lipinski definition) is 4. The van der Waals surface area contributed by atoms with Crippen LogP contribution in [0.4, 0.5) is 0 Å². The maximum absolute atomic E-state index is 5.67. The molecule has 1 aromatic rings. The van der Waals surface area contributed by atoms with Crippen molar-refractivity contribution in [1.29, 1.82) is 0 Å². The fraction of sp³-hybridized carbons (Fsp3) is 0.583. The van der Waals surface area contributed by atoms with Crippen LogP contribution in [0.1, 0.15) is 18.2 Å². The quantitative estimate of drug-likeness (QED) is 0.713. The molecule has 16 heavy (non-hydrogen) atoms. The maximum atomic E-state index is 5.67. The summed E-state index contributed by atoms with van der Waals surface area (Å²) >= 11 is 0. The van der Waals surface area contributed by atoms with Crippen molar-refractivity contribution in [3.63, 3.8) is 0 Å². The summed E-state index contributed by atoms with van der Waals surface area (Å²) < 4.78 is 10.9. The van der Waals surface area contributed by atoms with E-state index in [0.717, 1.165) is 30.2 Å². The Hall–Kier alpha value is -1.13. The normalized spacial score (nSPS) is 10.4. The minimum absolute atomic E-state index is 0.577. The lowest BCUT2D eigenvalue weighted by Gasteiger charge is -2.11. The van der Waals surface area contributed by atoms with E-state index in [1.807, 2.05) is 33.2 Å². The molecule has 0 aliphatic heterocycles. The van der Waals surface area contributed by atoms with Crippen LogP contribution in [0.25, 0.3) is 0 Å². The number of hydrogen-bond donors (Lipinski definition) is 1. The summed E-state index contributed by atoms with van der Waals surface area (Å²) in [6.07, 6.45) is 1.85. The highest BCUT2D eigenvalue weighted by atomic mass is 16.5. The Morgan fingerprint density at radius 3 is 2.88 bits per heavy atom. The zero-order valence-corrected chi connectivity index (χ0v) is 10.2. The molecule has 0 fully saturated rings. The standard InChI is InChI=1S/C12H20N2O2/c1-4-15-5-6-16-12-7-10(2)14-9-11(12)8-13-3/h7,9,13H,4-6,8H2,1-3H3. The molecule has 0 saturated heterocycles. The molecule has 1 aromatic heterocycles. The van der Waals surface area contributed by atoms with Crippen molar-refractivity contribution in [2.75, 3.05) is 26.9 Å². The highest BCUT2D eigenvalue weighted by molar-refractivity contribution is 5.32. The summed E-state index contributed by atoms with van der Waals surface area (Å²) in [6.45, 7) is 6.62. The molecule has 0 aromatic carbocycles. The Balaban J connectivity index is 2.57. The van der Waals surface area contributed by atoms with Gasteiger partial charge < -0.3 is 14.8 Å². The van der Waals surface area contributed by atoms with Crippen LogP contribution in [0.15, 0.2) is 12.3 Å². The molecule has 0 aliphatic rings. The molecule has 0 saturated carbocycles. The lowest BCUT2D eigenvalue weighted by atomic mass is 10.2. The van der Waals surface area contributed by atoms with Crippen molar-refractivity contribution in [2.45, 2.75) is 20.4 Å². The second-order valence-corrected chi connectivity index (χ2v) is 3.51. The van der Waals surface area contributed by atoms with Gasteiger partial charge in [0.25, 0.3) is 0 Å². The van der Waals surface area contributed by atoms with E-state index in [4.69, 9.17) is 9.47 Å². The zero-order chi connectivity index (χ0) is 11.8. The molecule has 90 valence electrons. The van der Waals surface area contributed by atoms with Gasteiger partial charge in [0.1, 0.15) is 12.4 Å². The van der Waals surface area contributed by atoms with Gasteiger partial charge >= 0.3 is 0 Å². The van der Waals surface area contributed by atoms with Gasteiger partial charge in [-0.15, -0.1) is 0 Å². The summed E-state index contributed by atoms with van der Waals surface area (Å²) in [5, 5.41) is 3.09. The van der Waals surface area contributed by atoms with E-state index in [1.165, 1.54) is 0 Å². The van der Waals surface area contributed by atoms with Crippen molar-refractivity contribution in [3.8, 4) is 5.75 Å². The molecule has 0 atom stereocenters. The number of rotatable bonds is 7. The van der Waals surface area contributed by atoms with E-state index < -0.39 is 0 Å². The highest BCUT2D eigenvalue weighted by Gasteiger charge is 2.04. The van der Waals surface area contributed by atoms with Gasteiger partial charge in [0.05, 0.1) is 6.61 Å². The smallest absolute Gasteiger partial charge is 0.127 e. The summed E-state index contributed by atoms with van der Waals surface area (Å²) in [5.74, 6) is 0.890. The Morgan fingerprint density at radius 1 is 1.38 bits per heavy atom. The lowest BCUT2D eigenvalue weighted by molar-refractivity contribution is 0.109. The molecular weight excluding hydrogens is 204 g/mol. The number of nitrogens with zero attached hydrogens (tertiary/aromatic N) is 1. The van der Waals surface area contributed by atoms with E-state index >= 15 is 0 Å². The van der Waals surface area contributed by atoms with Crippen LogP contribution in [0.5, 0.6) is 5.75 Å². The van der Waals surface area contributed by atoms with Crippen LogP contribution < -0.4 is 10.1 Å². The molecule has 4 nitrogen and oxygen atoms in total. The van der Waals surface area contributed by atoms with Crippen molar-refractivity contribution in [1.82, 2.24) is 10.3 Å². The lowest BCUT2D eigenvalue weighted by Crippen LogP contribution is -2.11. The minimum Gasteiger partial charge on any atom is -0.491 e. The van der Waals surface area contributed by atoms with Gasteiger partial charge in [-0.3, -0.25) is 4.98 Å². The van der Waals surface area contributed by atoms with Crippen molar-refractivity contribution in [2.24, 2.45) is 0 Å². The van der Waals surface area contributed by atoms with Gasteiger partial charge in [-0.2, -0.15) is 0 Å². The summed E-state index contributed by atoms with van der Waals surface area (Å²) in [6, 6.07) is 1.96. The Labute approximate surface area is 97.0 Å². The first-order valence-corrected chi connectivity index (χ1v) is 5.58. The molecule has 0 amide bonds. The van der Waals surface area contributed by atoms with Gasteiger partial charge in [0.15, 0.2) is 0 Å². The third kappa shape index (κ3) is 4.16. The number of aryl methyl sites for hydroxylation is 1. The van der Waals surface area contributed by atoms with Gasteiger partial charge in [0, 0.05) is 36.7 Å². The van der Waals surface area contributed by atoms with Crippen LogP contribution in [0.3, 0.4) is 0 Å². The zero-order valence-electron chi connectivity index (χ0n) is 10.2. The summed E-state index contributed by atoms with van der Waals surface area (Å²) in [7, 11) is 1.91. The molecule has 0 spiro atoms. The van der Waals surface area contributed by atoms with Crippen LogP contribution >= 0.6 is 0 Å². The summed E-state index contributed by atoms with van der Waals surface area (Å²) in [4.78, 5) is 4.25. The van der Waals surface area contributed by atoms with Crippen LogP contribution in [-0.4, -0.2) is 31.9 Å². The molecule has 0 aliphatic carbocycles. The third-order valence-electron chi connectivity index (χ3n) is 2.14. The van der Waals surface area contributed by atoms with Gasteiger partial charge in [-0.05, 0) is 20.9 Å². The second kappa shape index (κ2) is 7.19. The van der Waals surface area contributed by atoms with Crippen LogP contribution in [-0.2, 0) is 11.3 Å². The van der Waals surface area contributed by atoms with Crippen LogP contribution in [0, 0.1) is 6.92 Å². The maximum Gasteiger partial charge on any atom is 0.127 e. The number of nitrogens with one attached hydrogen (secondary N) is 1. The fourth-order valence-electron chi connectivity index (χ4n) is 1.38. The van der Waals surface area contributed by atoms with E-state index in [1.54, 1.807) is 0 Å². The second-order valence-electron chi connectivity index (χ2n) is 3.51. The number of aromatic nitrogens is 1. The highest BCUT2D eigenvalue weighted by Crippen LogP contribution is 2.18. The predicted molar refractivity (Wildman–Crippen MR) is 63.7 cm³/mol. The first-order chi connectivity index (χ1) is 7.77. The first kappa shape index (κ1) is 12.9. The molecule has 0 radical (unpaired) electrons. The first-order valence-electron chi connectivity index (χ1n) is 5.58. The molecule has 1 N–H and O–H groups in total. The van der Waals surface area contributed by atoms with Gasteiger partial charge in [0.2, 0.25) is 0 Å². The molecular formula is C12H20N2O2. The van der Waals surface area contributed by atoms with Crippen LogP contribution in [0.2, 0.25) is 0 Å². The van der Waals surface area contributed by atoms with E-state index in [9.17, 15) is 0 Å².